The molecule has 0 atom stereocenters. The Labute approximate surface area is 85.0 Å². The molecule has 4 heteroatoms. The SMILES string of the molecule is COCC(=O)CCOC1CCNCC1. The third-order valence-electron chi connectivity index (χ3n) is 2.33. The van der Waals surface area contributed by atoms with Crippen molar-refractivity contribution in [1.82, 2.24) is 5.32 Å². The van der Waals surface area contributed by atoms with Crippen LogP contribution in [0.1, 0.15) is 19.3 Å². The van der Waals surface area contributed by atoms with E-state index < -0.39 is 0 Å². The van der Waals surface area contributed by atoms with Crippen LogP contribution in [0.25, 0.3) is 0 Å². The van der Waals surface area contributed by atoms with Crippen LogP contribution in [0.4, 0.5) is 0 Å². The maximum absolute atomic E-state index is 11.1. The Morgan fingerprint density at radius 2 is 2.14 bits per heavy atom. The van der Waals surface area contributed by atoms with E-state index in [-0.39, 0.29) is 12.4 Å². The van der Waals surface area contributed by atoms with E-state index in [1.807, 2.05) is 0 Å². The van der Waals surface area contributed by atoms with Gasteiger partial charge in [0, 0.05) is 13.5 Å². The largest absolute Gasteiger partial charge is 0.378 e. The first kappa shape index (κ1) is 11.6. The molecule has 0 amide bonds. The van der Waals surface area contributed by atoms with Crippen molar-refractivity contribution >= 4 is 5.78 Å². The van der Waals surface area contributed by atoms with E-state index in [1.54, 1.807) is 0 Å². The van der Waals surface area contributed by atoms with Gasteiger partial charge in [-0.3, -0.25) is 4.79 Å². The quantitative estimate of drug-likeness (QED) is 0.674. The Bertz CT molecular complexity index is 167. The number of Topliss-reactive ketones (excluding diaryl/α,β-unsaturated/α-hetero) is 1. The third-order valence-corrected chi connectivity index (χ3v) is 2.33. The van der Waals surface area contributed by atoms with Gasteiger partial charge in [-0.1, -0.05) is 0 Å². The molecule has 14 heavy (non-hydrogen) atoms. The fourth-order valence-electron chi connectivity index (χ4n) is 1.53. The zero-order valence-corrected chi connectivity index (χ0v) is 8.75. The minimum absolute atomic E-state index is 0.112. The zero-order chi connectivity index (χ0) is 10.2. The average Bonchev–Trinajstić information content (AvgIpc) is 2.20. The van der Waals surface area contributed by atoms with Crippen molar-refractivity contribution in [3.63, 3.8) is 0 Å². The lowest BCUT2D eigenvalue weighted by Crippen LogP contribution is -2.32. The summed E-state index contributed by atoms with van der Waals surface area (Å²) in [4.78, 5) is 11.1. The predicted octanol–water partition coefficient (Wildman–Crippen LogP) is 0.361. The van der Waals surface area contributed by atoms with Crippen molar-refractivity contribution in [1.29, 1.82) is 0 Å². The van der Waals surface area contributed by atoms with Gasteiger partial charge < -0.3 is 14.8 Å². The van der Waals surface area contributed by atoms with Crippen molar-refractivity contribution in [3.05, 3.63) is 0 Å². The number of carbonyl (C=O) groups excluding carboxylic acids is 1. The van der Waals surface area contributed by atoms with E-state index >= 15 is 0 Å². The summed E-state index contributed by atoms with van der Waals surface area (Å²) in [7, 11) is 1.53. The second-order valence-electron chi connectivity index (χ2n) is 3.54. The van der Waals surface area contributed by atoms with Crippen molar-refractivity contribution < 1.29 is 14.3 Å². The topological polar surface area (TPSA) is 47.6 Å². The number of hydrogen-bond acceptors (Lipinski definition) is 4. The van der Waals surface area contributed by atoms with Crippen LogP contribution in [0.5, 0.6) is 0 Å². The number of rotatable bonds is 6. The fraction of sp³-hybridized carbons (Fsp3) is 0.900. The summed E-state index contributed by atoms with van der Waals surface area (Å²) in [6.45, 7) is 2.79. The van der Waals surface area contributed by atoms with Crippen molar-refractivity contribution in [2.45, 2.75) is 25.4 Å². The molecular weight excluding hydrogens is 182 g/mol. The lowest BCUT2D eigenvalue weighted by molar-refractivity contribution is -0.124. The van der Waals surface area contributed by atoms with Gasteiger partial charge in [-0.25, -0.2) is 0 Å². The van der Waals surface area contributed by atoms with E-state index in [2.05, 4.69) is 5.32 Å². The van der Waals surface area contributed by atoms with Gasteiger partial charge in [0.25, 0.3) is 0 Å². The summed E-state index contributed by atoms with van der Waals surface area (Å²) in [5.41, 5.74) is 0. The standard InChI is InChI=1S/C10H19NO3/c1-13-8-9(12)4-7-14-10-2-5-11-6-3-10/h10-11H,2-8H2,1H3. The highest BCUT2D eigenvalue weighted by Gasteiger charge is 2.13. The number of methoxy groups -OCH3 is 1. The van der Waals surface area contributed by atoms with E-state index in [4.69, 9.17) is 9.47 Å². The molecule has 0 radical (unpaired) electrons. The number of nitrogens with one attached hydrogen (secondary N) is 1. The summed E-state index contributed by atoms with van der Waals surface area (Å²) in [5, 5.41) is 3.27. The number of ketones is 1. The Morgan fingerprint density at radius 3 is 2.79 bits per heavy atom. The van der Waals surface area contributed by atoms with Crippen molar-refractivity contribution in [3.8, 4) is 0 Å². The second kappa shape index (κ2) is 6.92. The van der Waals surface area contributed by atoms with Gasteiger partial charge in [0.2, 0.25) is 0 Å². The molecular formula is C10H19NO3. The smallest absolute Gasteiger partial charge is 0.160 e. The first-order valence-corrected chi connectivity index (χ1v) is 5.16. The predicted molar refractivity (Wildman–Crippen MR) is 53.3 cm³/mol. The monoisotopic (exact) mass is 201 g/mol. The van der Waals surface area contributed by atoms with Crippen molar-refractivity contribution in [2.75, 3.05) is 33.4 Å². The fourth-order valence-corrected chi connectivity index (χ4v) is 1.53. The summed E-state index contributed by atoms with van der Waals surface area (Å²) >= 11 is 0. The van der Waals surface area contributed by atoms with Crippen LogP contribution in [0, 0.1) is 0 Å². The lowest BCUT2D eigenvalue weighted by Gasteiger charge is -2.22. The van der Waals surface area contributed by atoms with Gasteiger partial charge >= 0.3 is 0 Å². The molecule has 0 bridgehead atoms. The summed E-state index contributed by atoms with van der Waals surface area (Å²) in [6, 6.07) is 0. The zero-order valence-electron chi connectivity index (χ0n) is 8.75. The lowest BCUT2D eigenvalue weighted by atomic mass is 10.1. The van der Waals surface area contributed by atoms with Crippen LogP contribution in [-0.4, -0.2) is 45.3 Å². The van der Waals surface area contributed by atoms with Crippen LogP contribution >= 0.6 is 0 Å². The molecule has 1 aliphatic rings. The molecule has 1 saturated heterocycles. The number of hydrogen-bond donors (Lipinski definition) is 1. The molecule has 0 spiro atoms. The Hall–Kier alpha value is -0.450. The van der Waals surface area contributed by atoms with Gasteiger partial charge in [0.05, 0.1) is 12.7 Å². The highest BCUT2D eigenvalue weighted by atomic mass is 16.5. The van der Waals surface area contributed by atoms with Gasteiger partial charge in [0.1, 0.15) is 6.61 Å². The maximum atomic E-state index is 11.1. The number of carbonyl (C=O) groups is 1. The summed E-state index contributed by atoms with van der Waals surface area (Å²) in [6.07, 6.45) is 2.92. The first-order valence-electron chi connectivity index (χ1n) is 5.16. The molecule has 1 rings (SSSR count). The van der Waals surface area contributed by atoms with Crippen LogP contribution < -0.4 is 5.32 Å². The highest BCUT2D eigenvalue weighted by molar-refractivity contribution is 5.79. The number of piperidine rings is 1. The Balaban J connectivity index is 1.99. The summed E-state index contributed by atoms with van der Waals surface area (Å²) < 4.78 is 10.3. The van der Waals surface area contributed by atoms with E-state index in [0.717, 1.165) is 25.9 Å². The Kier molecular flexibility index (Phi) is 5.75. The number of ether oxygens (including phenoxy) is 2. The third kappa shape index (κ3) is 4.69. The molecule has 0 aromatic rings. The molecule has 1 fully saturated rings. The van der Waals surface area contributed by atoms with Gasteiger partial charge in [0.15, 0.2) is 5.78 Å². The normalized spacial score (nSPS) is 18.4. The molecule has 1 N–H and O–H groups in total. The van der Waals surface area contributed by atoms with Gasteiger partial charge in [-0.15, -0.1) is 0 Å². The molecule has 0 aromatic carbocycles. The Morgan fingerprint density at radius 1 is 1.43 bits per heavy atom. The maximum Gasteiger partial charge on any atom is 0.160 e. The van der Waals surface area contributed by atoms with E-state index in [9.17, 15) is 4.79 Å². The first-order chi connectivity index (χ1) is 6.83. The van der Waals surface area contributed by atoms with Gasteiger partial charge in [-0.2, -0.15) is 0 Å². The summed E-state index contributed by atoms with van der Waals surface area (Å²) in [5.74, 6) is 0.112. The average molecular weight is 201 g/mol. The molecule has 1 heterocycles. The van der Waals surface area contributed by atoms with Crippen LogP contribution in [0.2, 0.25) is 0 Å². The highest BCUT2D eigenvalue weighted by Crippen LogP contribution is 2.07. The molecule has 82 valence electrons. The molecule has 0 aliphatic carbocycles. The van der Waals surface area contributed by atoms with Crippen molar-refractivity contribution in [2.24, 2.45) is 0 Å². The van der Waals surface area contributed by atoms with E-state index in [0.29, 0.717) is 19.1 Å². The molecule has 0 saturated carbocycles. The van der Waals surface area contributed by atoms with Crippen LogP contribution in [-0.2, 0) is 14.3 Å². The van der Waals surface area contributed by atoms with Crippen LogP contribution in [0.15, 0.2) is 0 Å². The van der Waals surface area contributed by atoms with E-state index in [1.165, 1.54) is 7.11 Å². The molecule has 0 unspecified atom stereocenters. The molecule has 1 aliphatic heterocycles. The van der Waals surface area contributed by atoms with Crippen LogP contribution in [0.3, 0.4) is 0 Å². The second-order valence-corrected chi connectivity index (χ2v) is 3.54. The van der Waals surface area contributed by atoms with Gasteiger partial charge in [-0.05, 0) is 25.9 Å². The minimum atomic E-state index is 0.112. The molecule has 0 aromatic heterocycles. The minimum Gasteiger partial charge on any atom is -0.378 e. The molecule has 4 nitrogen and oxygen atoms in total.